The summed E-state index contributed by atoms with van der Waals surface area (Å²) in [6.45, 7) is -1.97. The molecular weight excluding hydrogens is 536 g/mol. The van der Waals surface area contributed by atoms with Crippen molar-refractivity contribution in [2.75, 3.05) is 18.9 Å². The number of nitrogen functional groups attached to an aromatic ring is 1. The minimum absolute atomic E-state index is 0.0433. The van der Waals surface area contributed by atoms with Crippen LogP contribution in [0.15, 0.2) is 12.7 Å². The summed E-state index contributed by atoms with van der Waals surface area (Å²) in [6, 6.07) is 0. The van der Waals surface area contributed by atoms with Crippen molar-refractivity contribution in [1.82, 2.24) is 19.5 Å². The zero-order chi connectivity index (χ0) is 26.4. The topological polar surface area (TPSA) is 297 Å². The molecule has 2 aromatic heterocycles. The van der Waals surface area contributed by atoms with Gasteiger partial charge in [0.05, 0.1) is 19.5 Å². The first-order valence-electron chi connectivity index (χ1n) is 10.1. The van der Waals surface area contributed by atoms with Crippen LogP contribution in [-0.4, -0.2) is 101 Å². The predicted octanol–water partition coefficient (Wildman–Crippen LogP) is -4.55. The van der Waals surface area contributed by atoms with Crippen LogP contribution in [-0.2, 0) is 32.0 Å². The van der Waals surface area contributed by atoms with Crippen molar-refractivity contribution in [2.45, 2.75) is 49.1 Å². The number of nitrogens with zero attached hydrogens (tertiary/aromatic N) is 4. The van der Waals surface area contributed by atoms with E-state index in [-0.39, 0.29) is 17.0 Å². The largest absolute Gasteiger partial charge is 0.756 e. The smallest absolute Gasteiger partial charge is 0.274 e. The zero-order valence-electron chi connectivity index (χ0n) is 17.9. The van der Waals surface area contributed by atoms with Crippen molar-refractivity contribution in [3.05, 3.63) is 12.7 Å². The van der Waals surface area contributed by atoms with Gasteiger partial charge in [-0.25, -0.2) is 19.3 Å². The number of hydrogen-bond donors (Lipinski definition) is 6. The molecule has 2 fully saturated rings. The Morgan fingerprint density at radius 1 is 0.917 bits per heavy atom. The Morgan fingerprint density at radius 3 is 2.08 bits per heavy atom. The Bertz CT molecular complexity index is 1180. The molecule has 0 bridgehead atoms. The zero-order valence-corrected chi connectivity index (χ0v) is 19.6. The molecule has 0 spiro atoms. The Balaban J connectivity index is 1.34. The third kappa shape index (κ3) is 5.59. The monoisotopic (exact) mass is 557 g/mol. The molecule has 0 radical (unpaired) electrons. The van der Waals surface area contributed by atoms with Gasteiger partial charge in [-0.3, -0.25) is 13.7 Å². The summed E-state index contributed by atoms with van der Waals surface area (Å²) in [6.07, 6.45) is -10.5. The van der Waals surface area contributed by atoms with Gasteiger partial charge in [0.1, 0.15) is 48.5 Å². The lowest BCUT2D eigenvalue weighted by molar-refractivity contribution is -0.247. The lowest BCUT2D eigenvalue weighted by atomic mass is 10.1. The van der Waals surface area contributed by atoms with Crippen LogP contribution >= 0.6 is 15.6 Å². The maximum Gasteiger partial charge on any atom is 0.274 e. The maximum absolute atomic E-state index is 12.0. The van der Waals surface area contributed by atoms with Crippen LogP contribution < -0.4 is 15.5 Å². The SMILES string of the molecule is Nc1ncnc2c1ncn2[C@@H]1O[C@H](COP(=O)([O-])OP(=O)([O-])OC[C@@H]2O[C@H](O)C(O)C2O)C(O)C1O. The number of rotatable bonds is 9. The van der Waals surface area contributed by atoms with Crippen LogP contribution in [0.25, 0.3) is 11.2 Å². The highest BCUT2D eigenvalue weighted by Crippen LogP contribution is 2.56. The van der Waals surface area contributed by atoms with Gasteiger partial charge < -0.3 is 59.6 Å². The normalized spacial score (nSPS) is 36.2. The van der Waals surface area contributed by atoms with E-state index in [1.165, 1.54) is 10.9 Å². The van der Waals surface area contributed by atoms with Crippen LogP contribution in [0.2, 0.25) is 0 Å². The van der Waals surface area contributed by atoms with E-state index < -0.39 is 78.0 Å². The number of fused-ring (bicyclic) bond motifs is 1. The fourth-order valence-electron chi connectivity index (χ4n) is 3.52. The highest BCUT2D eigenvalue weighted by atomic mass is 31.3. The van der Waals surface area contributed by atoms with E-state index in [0.29, 0.717) is 0 Å². The van der Waals surface area contributed by atoms with Crippen LogP contribution in [0.5, 0.6) is 0 Å². The van der Waals surface area contributed by atoms with Gasteiger partial charge in [-0.2, -0.15) is 0 Å². The molecule has 6 unspecified atom stereocenters. The van der Waals surface area contributed by atoms with E-state index in [1.54, 1.807) is 0 Å². The molecule has 10 atom stereocenters. The third-order valence-corrected chi connectivity index (χ3v) is 7.86. The maximum atomic E-state index is 12.0. The molecule has 0 saturated carbocycles. The number of aliphatic hydroxyl groups is 5. The molecule has 36 heavy (non-hydrogen) atoms. The number of anilines is 1. The standard InChI is InChI=1S/C15H23N5O14P2/c16-12-7-13(18-3-17-12)20(4-19-7)14-10(23)8(21)5(32-14)1-30-35(26,27)34-36(28,29)31-2-6-9(22)11(24)15(25)33-6/h3-6,8-11,14-15,21-25H,1-2H2,(H,26,27)(H,28,29)(H2,16,17,18)/p-2/t5-,6+,8?,9?,10?,11?,14-,15+/m1/s1. The van der Waals surface area contributed by atoms with Gasteiger partial charge in [0.2, 0.25) is 0 Å². The summed E-state index contributed by atoms with van der Waals surface area (Å²) < 4.78 is 47.9. The average molecular weight is 557 g/mol. The molecule has 0 amide bonds. The van der Waals surface area contributed by atoms with Crippen LogP contribution in [0.4, 0.5) is 5.82 Å². The molecule has 2 aliphatic heterocycles. The van der Waals surface area contributed by atoms with Gasteiger partial charge in [0.15, 0.2) is 24.0 Å². The predicted molar refractivity (Wildman–Crippen MR) is 107 cm³/mol. The molecule has 19 nitrogen and oxygen atoms in total. The lowest BCUT2D eigenvalue weighted by Gasteiger charge is -2.31. The van der Waals surface area contributed by atoms with Crippen molar-refractivity contribution in [3.63, 3.8) is 0 Å². The minimum Gasteiger partial charge on any atom is -0.756 e. The molecular formula is C15H21N5O14P2-2. The van der Waals surface area contributed by atoms with E-state index >= 15 is 0 Å². The second-order valence-electron chi connectivity index (χ2n) is 7.74. The van der Waals surface area contributed by atoms with Crippen LogP contribution in [0, 0.1) is 0 Å². The highest BCUT2D eigenvalue weighted by molar-refractivity contribution is 7.59. The molecule has 0 aromatic carbocycles. The summed E-state index contributed by atoms with van der Waals surface area (Å²) in [5.41, 5.74) is 6.04. The number of hydrogen-bond acceptors (Lipinski definition) is 18. The third-order valence-electron chi connectivity index (χ3n) is 5.33. The first-order valence-corrected chi connectivity index (χ1v) is 13.0. The quantitative estimate of drug-likeness (QED) is 0.158. The van der Waals surface area contributed by atoms with Gasteiger partial charge in [0.25, 0.3) is 15.6 Å². The number of imidazole rings is 1. The molecule has 2 aromatic rings. The number of phosphoric acid groups is 2. The number of aromatic nitrogens is 4. The van der Waals surface area contributed by atoms with Gasteiger partial charge >= 0.3 is 0 Å². The fourth-order valence-corrected chi connectivity index (χ4v) is 5.53. The Kier molecular flexibility index (Phi) is 7.78. The molecule has 4 heterocycles. The van der Waals surface area contributed by atoms with Crippen molar-refractivity contribution in [1.29, 1.82) is 0 Å². The average Bonchev–Trinajstić information content (AvgIpc) is 3.42. The molecule has 202 valence electrons. The van der Waals surface area contributed by atoms with Crippen LogP contribution in [0.1, 0.15) is 6.23 Å². The molecule has 0 aliphatic carbocycles. The number of phosphoric ester groups is 2. The second-order valence-corrected chi connectivity index (χ2v) is 10.7. The molecule has 4 rings (SSSR count). The van der Waals surface area contributed by atoms with E-state index in [2.05, 4.69) is 33.0 Å². The summed E-state index contributed by atoms with van der Waals surface area (Å²) in [7, 11) is -11.2. The molecule has 2 aliphatic rings. The lowest BCUT2D eigenvalue weighted by Crippen LogP contribution is -2.34. The van der Waals surface area contributed by atoms with E-state index in [0.717, 1.165) is 6.33 Å². The highest BCUT2D eigenvalue weighted by Gasteiger charge is 2.45. The first kappa shape index (κ1) is 27.4. The molecule has 21 heteroatoms. The van der Waals surface area contributed by atoms with Gasteiger partial charge in [0, 0.05) is 0 Å². The van der Waals surface area contributed by atoms with E-state index in [4.69, 9.17) is 10.5 Å². The van der Waals surface area contributed by atoms with Crippen molar-refractivity contribution < 1.29 is 67.3 Å². The van der Waals surface area contributed by atoms with Gasteiger partial charge in [-0.15, -0.1) is 0 Å². The first-order chi connectivity index (χ1) is 16.8. The summed E-state index contributed by atoms with van der Waals surface area (Å²) in [5.74, 6) is 0.0433. The molecule has 2 saturated heterocycles. The molecule has 7 N–H and O–H groups in total. The van der Waals surface area contributed by atoms with E-state index in [1.807, 2.05) is 0 Å². The van der Waals surface area contributed by atoms with Crippen LogP contribution in [0.3, 0.4) is 0 Å². The van der Waals surface area contributed by atoms with Crippen molar-refractivity contribution in [2.24, 2.45) is 0 Å². The fraction of sp³-hybridized carbons (Fsp3) is 0.667. The van der Waals surface area contributed by atoms with Crippen molar-refractivity contribution >= 4 is 32.6 Å². The number of aliphatic hydroxyl groups excluding tert-OH is 5. The Hall–Kier alpha value is -1.67. The summed E-state index contributed by atoms with van der Waals surface area (Å²) >= 11 is 0. The summed E-state index contributed by atoms with van der Waals surface area (Å²) in [5, 5.41) is 48.9. The number of ether oxygens (including phenoxy) is 2. The van der Waals surface area contributed by atoms with Gasteiger partial charge in [-0.1, -0.05) is 0 Å². The Labute approximate surface area is 200 Å². The summed E-state index contributed by atoms with van der Waals surface area (Å²) in [4.78, 5) is 35.6. The second kappa shape index (κ2) is 10.2. The van der Waals surface area contributed by atoms with Gasteiger partial charge in [-0.05, 0) is 0 Å². The number of nitrogens with two attached hydrogens (primary N) is 1. The Morgan fingerprint density at radius 2 is 1.50 bits per heavy atom. The minimum atomic E-state index is -5.62. The van der Waals surface area contributed by atoms with Crippen molar-refractivity contribution in [3.8, 4) is 0 Å². The van der Waals surface area contributed by atoms with E-state index in [9.17, 15) is 44.4 Å².